The Balaban J connectivity index is 1.60. The van der Waals surface area contributed by atoms with Gasteiger partial charge in [0.25, 0.3) is 0 Å². The number of hydrogen-bond donors (Lipinski definition) is 5. The fourth-order valence-electron chi connectivity index (χ4n) is 8.76. The van der Waals surface area contributed by atoms with Gasteiger partial charge in [0.05, 0.1) is 19.8 Å². The van der Waals surface area contributed by atoms with Gasteiger partial charge in [-0.15, -0.1) is 0 Å². The van der Waals surface area contributed by atoms with Gasteiger partial charge in [-0.05, 0) is 109 Å². The topological polar surface area (TPSA) is 120 Å². The fourth-order valence-corrected chi connectivity index (χ4v) is 8.76. The summed E-state index contributed by atoms with van der Waals surface area (Å²) in [6, 6.07) is 0. The van der Waals surface area contributed by atoms with E-state index in [9.17, 15) is 25.5 Å². The Hall–Kier alpha value is -3.66. The van der Waals surface area contributed by atoms with E-state index in [2.05, 4.69) is 186 Å². The molecule has 1 saturated heterocycles. The number of aliphatic hydroxyl groups is 5. The van der Waals surface area contributed by atoms with E-state index in [1.54, 1.807) is 0 Å². The van der Waals surface area contributed by atoms with Crippen LogP contribution in [0.15, 0.2) is 154 Å². The van der Waals surface area contributed by atoms with Crippen molar-refractivity contribution < 1.29 is 35.0 Å². The molecule has 0 amide bonds. The Kier molecular flexibility index (Phi) is 21.9. The van der Waals surface area contributed by atoms with Crippen LogP contribution >= 0.6 is 0 Å². The average Bonchev–Trinajstić information content (AvgIpc) is 3.21. The molecule has 0 aromatic rings. The summed E-state index contributed by atoms with van der Waals surface area (Å²) in [5.74, 6) is 1.47. The van der Waals surface area contributed by atoms with Crippen molar-refractivity contribution in [3.05, 3.63) is 154 Å². The normalized spacial score (nSPS) is 30.3. The SMILES string of the molecule is CC(C)=CC[C@@H]1CC=C(COC[C@H]2O[C@@H](O)[C@H](O)[C@@H](O)[C@@H]2O)[C@@H](/C=C/C(C)=C/C=C/C(C)=C/C=C/C=C(C)/C=C/C=C(C)/C=C/[C@@H]2C(C)=CC[C@@H](C/C=C(\C)CO)C2(C)C)C1(C)C. The molecule has 0 aromatic carbocycles. The standard InChI is InChI=1S/C56H82O7/c1-38(2)23-29-46-32-28-45(36-62-37-50-51(58)52(59)53(60)54(61)63-50)49(56(46,11)12)34-26-42(6)22-16-20-40(4)18-14-13-17-39(3)19-15-21-41(5)25-33-48-44(8)27-31-47(55(48,9)10)30-24-43(7)35-57/h13-28,33-34,46-54,57-61H,29-32,35-37H2,1-12H3/b14-13+,19-15+,20-16+,33-25+,34-26+,39-17+,40-18+,41-21+,42-22+,43-24+/t46-,47-,48-,49-,50-,51-,52+,53-,54-/m1/s1. The Bertz CT molecular complexity index is 1900. The molecule has 0 radical (unpaired) electrons. The van der Waals surface area contributed by atoms with Gasteiger partial charge >= 0.3 is 0 Å². The van der Waals surface area contributed by atoms with Crippen LogP contribution in [0.5, 0.6) is 0 Å². The molecule has 0 bridgehead atoms. The molecule has 348 valence electrons. The molecule has 7 nitrogen and oxygen atoms in total. The second-order valence-electron chi connectivity index (χ2n) is 19.7. The second kappa shape index (κ2) is 25.7. The Labute approximate surface area is 381 Å². The van der Waals surface area contributed by atoms with Gasteiger partial charge < -0.3 is 35.0 Å². The quantitative estimate of drug-likeness (QED) is 0.0648. The molecular formula is C56H82O7. The van der Waals surface area contributed by atoms with E-state index < -0.39 is 30.7 Å². The molecule has 1 aliphatic heterocycles. The summed E-state index contributed by atoms with van der Waals surface area (Å²) in [4.78, 5) is 0. The van der Waals surface area contributed by atoms with Gasteiger partial charge in [-0.3, -0.25) is 0 Å². The summed E-state index contributed by atoms with van der Waals surface area (Å²) in [5, 5.41) is 49.7. The monoisotopic (exact) mass is 867 g/mol. The first-order valence-corrected chi connectivity index (χ1v) is 23.0. The first-order chi connectivity index (χ1) is 29.7. The third-order valence-corrected chi connectivity index (χ3v) is 13.4. The van der Waals surface area contributed by atoms with Crippen LogP contribution in [-0.2, 0) is 9.47 Å². The summed E-state index contributed by atoms with van der Waals surface area (Å²) in [7, 11) is 0. The first-order valence-electron chi connectivity index (χ1n) is 23.0. The third-order valence-electron chi connectivity index (χ3n) is 13.4. The molecule has 0 aromatic heterocycles. The minimum absolute atomic E-state index is 0.0307. The lowest BCUT2D eigenvalue weighted by Crippen LogP contribution is -2.58. The summed E-state index contributed by atoms with van der Waals surface area (Å²) in [6.07, 6.45) is 36.3. The van der Waals surface area contributed by atoms with E-state index in [1.807, 2.05) is 6.92 Å². The maximum atomic E-state index is 10.4. The molecule has 3 aliphatic rings. The Morgan fingerprint density at radius 1 is 0.651 bits per heavy atom. The second-order valence-corrected chi connectivity index (χ2v) is 19.7. The van der Waals surface area contributed by atoms with E-state index in [1.165, 1.54) is 22.3 Å². The van der Waals surface area contributed by atoms with Gasteiger partial charge in [0.1, 0.15) is 24.4 Å². The molecule has 0 spiro atoms. The number of allylic oxidation sites excluding steroid dienone is 24. The van der Waals surface area contributed by atoms with E-state index in [4.69, 9.17) is 9.47 Å². The Morgan fingerprint density at radius 2 is 1.14 bits per heavy atom. The zero-order valence-electron chi connectivity index (χ0n) is 40.6. The maximum Gasteiger partial charge on any atom is 0.184 e. The smallest absolute Gasteiger partial charge is 0.184 e. The van der Waals surface area contributed by atoms with Crippen LogP contribution in [0.2, 0.25) is 0 Å². The molecule has 0 saturated carbocycles. The van der Waals surface area contributed by atoms with E-state index in [-0.39, 0.29) is 30.0 Å². The van der Waals surface area contributed by atoms with Crippen molar-refractivity contribution in [1.82, 2.24) is 0 Å². The highest BCUT2D eigenvalue weighted by Crippen LogP contribution is 2.49. The van der Waals surface area contributed by atoms with Crippen LogP contribution in [0.3, 0.4) is 0 Å². The maximum absolute atomic E-state index is 10.4. The van der Waals surface area contributed by atoms with Crippen LogP contribution in [-0.4, -0.2) is 76.1 Å². The molecule has 3 rings (SSSR count). The highest BCUT2D eigenvalue weighted by atomic mass is 16.6. The van der Waals surface area contributed by atoms with Crippen LogP contribution in [0.1, 0.15) is 109 Å². The highest BCUT2D eigenvalue weighted by Gasteiger charge is 2.44. The van der Waals surface area contributed by atoms with Gasteiger partial charge in [0.2, 0.25) is 0 Å². The lowest BCUT2D eigenvalue weighted by atomic mass is 9.61. The van der Waals surface area contributed by atoms with Gasteiger partial charge in [-0.25, -0.2) is 0 Å². The predicted octanol–water partition coefficient (Wildman–Crippen LogP) is 11.3. The number of rotatable bonds is 19. The van der Waals surface area contributed by atoms with Crippen LogP contribution < -0.4 is 0 Å². The summed E-state index contributed by atoms with van der Waals surface area (Å²) in [5.41, 5.74) is 9.65. The van der Waals surface area contributed by atoms with Gasteiger partial charge in [-0.2, -0.15) is 0 Å². The Morgan fingerprint density at radius 3 is 1.70 bits per heavy atom. The zero-order valence-corrected chi connectivity index (χ0v) is 40.6. The van der Waals surface area contributed by atoms with E-state index in [0.29, 0.717) is 24.4 Å². The van der Waals surface area contributed by atoms with E-state index in [0.717, 1.165) is 48.0 Å². The van der Waals surface area contributed by atoms with Crippen LogP contribution in [0.4, 0.5) is 0 Å². The van der Waals surface area contributed by atoms with Crippen molar-refractivity contribution in [2.24, 2.45) is 34.5 Å². The molecule has 7 heteroatoms. The van der Waals surface area contributed by atoms with Crippen molar-refractivity contribution in [2.45, 2.75) is 139 Å². The van der Waals surface area contributed by atoms with Crippen molar-refractivity contribution in [3.63, 3.8) is 0 Å². The van der Waals surface area contributed by atoms with Crippen LogP contribution in [0, 0.1) is 34.5 Å². The molecule has 5 N–H and O–H groups in total. The van der Waals surface area contributed by atoms with Crippen molar-refractivity contribution in [1.29, 1.82) is 0 Å². The fraction of sp³-hybridized carbons (Fsp3) is 0.536. The summed E-state index contributed by atoms with van der Waals surface area (Å²) < 4.78 is 11.4. The molecule has 2 aliphatic carbocycles. The van der Waals surface area contributed by atoms with Crippen molar-refractivity contribution >= 4 is 0 Å². The van der Waals surface area contributed by atoms with Gasteiger partial charge in [-0.1, -0.05) is 176 Å². The minimum atomic E-state index is -1.59. The molecule has 0 unspecified atom stereocenters. The zero-order chi connectivity index (χ0) is 46.9. The van der Waals surface area contributed by atoms with E-state index >= 15 is 0 Å². The third kappa shape index (κ3) is 16.7. The number of ether oxygens (including phenoxy) is 2. The molecule has 1 fully saturated rings. The molecule has 1 heterocycles. The molecule has 63 heavy (non-hydrogen) atoms. The summed E-state index contributed by atoms with van der Waals surface area (Å²) in [6.45, 7) is 26.8. The molecular weight excluding hydrogens is 785 g/mol. The number of hydrogen-bond acceptors (Lipinski definition) is 7. The predicted molar refractivity (Wildman–Crippen MR) is 263 cm³/mol. The number of aliphatic hydroxyl groups excluding tert-OH is 5. The largest absolute Gasteiger partial charge is 0.392 e. The van der Waals surface area contributed by atoms with Crippen LogP contribution in [0.25, 0.3) is 0 Å². The first kappa shape index (κ1) is 53.7. The van der Waals surface area contributed by atoms with Crippen molar-refractivity contribution in [3.8, 4) is 0 Å². The average molecular weight is 867 g/mol. The lowest BCUT2D eigenvalue weighted by Gasteiger charge is -2.44. The lowest BCUT2D eigenvalue weighted by molar-refractivity contribution is -0.288. The summed E-state index contributed by atoms with van der Waals surface area (Å²) >= 11 is 0. The minimum Gasteiger partial charge on any atom is -0.392 e. The molecule has 9 atom stereocenters. The van der Waals surface area contributed by atoms with Gasteiger partial charge in [0.15, 0.2) is 6.29 Å². The van der Waals surface area contributed by atoms with Crippen molar-refractivity contribution in [2.75, 3.05) is 19.8 Å². The van der Waals surface area contributed by atoms with Gasteiger partial charge in [0, 0.05) is 11.8 Å². The highest BCUT2D eigenvalue weighted by molar-refractivity contribution is 5.34.